The third kappa shape index (κ3) is 7.08. The highest BCUT2D eigenvalue weighted by Gasteiger charge is 2.17. The summed E-state index contributed by atoms with van der Waals surface area (Å²) < 4.78 is 43.0. The smallest absolute Gasteiger partial charge is 0.347 e. The summed E-state index contributed by atoms with van der Waals surface area (Å²) in [4.78, 5) is 44.1. The van der Waals surface area contributed by atoms with Crippen LogP contribution in [0.5, 0.6) is 0 Å². The van der Waals surface area contributed by atoms with Gasteiger partial charge in [-0.05, 0) is 94.4 Å². The van der Waals surface area contributed by atoms with Crippen LogP contribution < -0.4 is 21.1 Å². The van der Waals surface area contributed by atoms with Crippen LogP contribution in [0.15, 0.2) is 114 Å². The minimum atomic E-state index is -4.33. The Morgan fingerprint density at radius 2 is 1.09 bits per heavy atom. The van der Waals surface area contributed by atoms with Crippen molar-refractivity contribution in [3.05, 3.63) is 112 Å². The van der Waals surface area contributed by atoms with Crippen molar-refractivity contribution in [3.8, 4) is 22.8 Å². The lowest BCUT2D eigenvalue weighted by Gasteiger charge is -2.20. The second-order valence-electron chi connectivity index (χ2n) is 12.5. The van der Waals surface area contributed by atoms with Gasteiger partial charge in [-0.1, -0.05) is 12.1 Å². The lowest BCUT2D eigenvalue weighted by atomic mass is 10.1. The third-order valence-electron chi connectivity index (χ3n) is 9.35. The van der Waals surface area contributed by atoms with Crippen molar-refractivity contribution in [2.45, 2.75) is 32.6 Å². The molecule has 0 saturated heterocycles. The SMILES string of the molecule is CCN(CC)c1ccc2cc(-c3nc4ccc(S(=O)(=O)O)cc4[nH]3)c(=O)oc2c1.CCN(CC)c1ccc2cc(-c3nc4ccccc4[nH]3)c(=O)oc2c1. The first-order valence-electron chi connectivity index (χ1n) is 17.6. The average molecular weight is 747 g/mol. The summed E-state index contributed by atoms with van der Waals surface area (Å²) in [6.07, 6.45) is 0. The standard InChI is InChI=1S/C20H19N3O5S.C20H19N3O2/c1-3-23(4-2)13-6-5-12-9-15(20(24)28-18(12)10-13)19-21-16-8-7-14(29(25,26)27)11-17(16)22-19;1-3-23(4-2)14-10-9-13-11-15(20(24)25-18(13)12-14)19-21-16-7-5-6-8-17(16)22-19/h5-11H,3-4H2,1-2H3,(H,21,22)(H,25,26,27);5-12H,3-4H2,1-2H3,(H,21,22). The molecular formula is C40H38N6O7S. The summed E-state index contributed by atoms with van der Waals surface area (Å²) >= 11 is 0. The molecule has 3 N–H and O–H groups in total. The van der Waals surface area contributed by atoms with Gasteiger partial charge < -0.3 is 28.6 Å². The van der Waals surface area contributed by atoms with Crippen LogP contribution in [0.25, 0.3) is 66.8 Å². The highest BCUT2D eigenvalue weighted by Crippen LogP contribution is 2.28. The molecule has 0 unspecified atom stereocenters. The number of nitrogens with zero attached hydrogens (tertiary/aromatic N) is 4. The molecule has 0 bridgehead atoms. The Kier molecular flexibility index (Phi) is 9.79. The molecule has 0 radical (unpaired) electrons. The van der Waals surface area contributed by atoms with E-state index in [2.05, 4.69) is 63.5 Å². The van der Waals surface area contributed by atoms with Crippen LogP contribution >= 0.6 is 0 Å². The largest absolute Gasteiger partial charge is 0.422 e. The number of para-hydroxylation sites is 2. The molecule has 54 heavy (non-hydrogen) atoms. The molecule has 8 rings (SSSR count). The number of rotatable bonds is 9. The maximum Gasteiger partial charge on any atom is 0.347 e. The summed E-state index contributed by atoms with van der Waals surface area (Å²) in [5.74, 6) is 0.792. The van der Waals surface area contributed by atoms with Crippen molar-refractivity contribution in [3.63, 3.8) is 0 Å². The zero-order valence-electron chi connectivity index (χ0n) is 30.1. The second-order valence-corrected chi connectivity index (χ2v) is 13.9. The molecule has 0 aliphatic rings. The Balaban J connectivity index is 0.000000168. The Bertz CT molecular complexity index is 2850. The van der Waals surface area contributed by atoms with E-state index >= 15 is 0 Å². The van der Waals surface area contributed by atoms with Crippen molar-refractivity contribution >= 4 is 65.5 Å². The van der Waals surface area contributed by atoms with E-state index in [-0.39, 0.29) is 21.9 Å². The van der Waals surface area contributed by atoms with Gasteiger partial charge >= 0.3 is 11.3 Å². The third-order valence-corrected chi connectivity index (χ3v) is 10.2. The van der Waals surface area contributed by atoms with Gasteiger partial charge in [0.25, 0.3) is 10.1 Å². The number of nitrogens with one attached hydrogen (secondary N) is 2. The fraction of sp³-hybridized carbons (Fsp3) is 0.200. The molecule has 4 aromatic heterocycles. The topological polar surface area (TPSA) is 179 Å². The highest BCUT2D eigenvalue weighted by atomic mass is 32.2. The first kappa shape index (κ1) is 36.1. The van der Waals surface area contributed by atoms with E-state index in [4.69, 9.17) is 8.83 Å². The molecule has 8 aromatic rings. The van der Waals surface area contributed by atoms with Crippen LogP contribution in [0.3, 0.4) is 0 Å². The molecule has 13 nitrogen and oxygen atoms in total. The van der Waals surface area contributed by atoms with Crippen molar-refractivity contribution < 1.29 is 21.8 Å². The van der Waals surface area contributed by atoms with Gasteiger partial charge in [0.1, 0.15) is 33.9 Å². The van der Waals surface area contributed by atoms with Gasteiger partial charge in [0.05, 0.1) is 27.0 Å². The summed E-state index contributed by atoms with van der Waals surface area (Å²) in [5, 5.41) is 1.63. The van der Waals surface area contributed by atoms with E-state index < -0.39 is 15.7 Å². The van der Waals surface area contributed by atoms with Crippen molar-refractivity contribution in [2.24, 2.45) is 0 Å². The Labute approximate surface area is 309 Å². The van der Waals surface area contributed by atoms with Gasteiger partial charge in [-0.25, -0.2) is 19.6 Å². The van der Waals surface area contributed by atoms with E-state index in [9.17, 15) is 22.6 Å². The van der Waals surface area contributed by atoms with Crippen LogP contribution in [0.4, 0.5) is 11.4 Å². The predicted molar refractivity (Wildman–Crippen MR) is 212 cm³/mol. The van der Waals surface area contributed by atoms with Crippen LogP contribution in [0.1, 0.15) is 27.7 Å². The fourth-order valence-corrected chi connectivity index (χ4v) is 6.96. The quantitative estimate of drug-likeness (QED) is 0.0978. The number of hydrogen-bond donors (Lipinski definition) is 3. The van der Waals surface area contributed by atoms with Crippen LogP contribution in [-0.4, -0.2) is 59.1 Å². The van der Waals surface area contributed by atoms with E-state index in [0.29, 0.717) is 33.6 Å². The molecule has 0 spiro atoms. The molecule has 0 atom stereocenters. The second kappa shape index (κ2) is 14.6. The lowest BCUT2D eigenvalue weighted by molar-refractivity contribution is 0.483. The summed E-state index contributed by atoms with van der Waals surface area (Å²) in [5.41, 5.74) is 5.40. The highest BCUT2D eigenvalue weighted by molar-refractivity contribution is 7.85. The number of anilines is 2. The molecule has 14 heteroatoms. The van der Waals surface area contributed by atoms with Gasteiger partial charge in [-0.3, -0.25) is 4.55 Å². The number of aromatic nitrogens is 4. The molecule has 4 heterocycles. The van der Waals surface area contributed by atoms with Crippen molar-refractivity contribution in [2.75, 3.05) is 36.0 Å². The van der Waals surface area contributed by atoms with E-state index in [1.165, 1.54) is 18.2 Å². The predicted octanol–water partition coefficient (Wildman–Crippen LogP) is 7.61. The minimum Gasteiger partial charge on any atom is -0.422 e. The van der Waals surface area contributed by atoms with E-state index in [1.807, 2.05) is 60.7 Å². The first-order valence-corrected chi connectivity index (χ1v) is 19.0. The van der Waals surface area contributed by atoms with Crippen molar-refractivity contribution in [1.29, 1.82) is 0 Å². The van der Waals surface area contributed by atoms with E-state index in [1.54, 1.807) is 6.07 Å². The van der Waals surface area contributed by atoms with Crippen LogP contribution in [0.2, 0.25) is 0 Å². The normalized spacial score (nSPS) is 11.6. The summed E-state index contributed by atoms with van der Waals surface area (Å²) in [6.45, 7) is 11.8. The van der Waals surface area contributed by atoms with E-state index in [0.717, 1.165) is 59.4 Å². The number of aromatic amines is 2. The Morgan fingerprint density at radius 3 is 1.57 bits per heavy atom. The summed E-state index contributed by atoms with van der Waals surface area (Å²) in [6, 6.07) is 26.8. The number of imidazole rings is 2. The Hall–Kier alpha value is -6.25. The molecule has 0 aliphatic heterocycles. The van der Waals surface area contributed by atoms with Crippen LogP contribution in [-0.2, 0) is 10.1 Å². The summed E-state index contributed by atoms with van der Waals surface area (Å²) in [7, 11) is -4.33. The number of hydrogen-bond acceptors (Lipinski definition) is 10. The Morgan fingerprint density at radius 1 is 0.611 bits per heavy atom. The molecule has 0 saturated carbocycles. The zero-order chi connectivity index (χ0) is 38.1. The maximum absolute atomic E-state index is 12.6. The number of benzene rings is 4. The number of H-pyrrole nitrogens is 2. The molecular weight excluding hydrogens is 709 g/mol. The maximum atomic E-state index is 12.6. The molecule has 4 aromatic carbocycles. The fourth-order valence-electron chi connectivity index (χ4n) is 6.46. The van der Waals surface area contributed by atoms with Gasteiger partial charge in [-0.2, -0.15) is 8.42 Å². The van der Waals surface area contributed by atoms with Gasteiger partial charge in [0.15, 0.2) is 0 Å². The molecule has 0 aliphatic carbocycles. The molecule has 0 amide bonds. The van der Waals surface area contributed by atoms with Gasteiger partial charge in [-0.15, -0.1) is 0 Å². The molecule has 276 valence electrons. The first-order chi connectivity index (χ1) is 26.0. The minimum absolute atomic E-state index is 0.234. The zero-order valence-corrected chi connectivity index (χ0v) is 30.9. The lowest BCUT2D eigenvalue weighted by Crippen LogP contribution is -2.21. The van der Waals surface area contributed by atoms with Crippen LogP contribution in [0, 0.1) is 0 Å². The van der Waals surface area contributed by atoms with Crippen molar-refractivity contribution in [1.82, 2.24) is 19.9 Å². The van der Waals surface area contributed by atoms with Gasteiger partial charge in [0.2, 0.25) is 0 Å². The van der Waals surface area contributed by atoms with Gasteiger partial charge in [0, 0.05) is 60.5 Å². The average Bonchev–Trinajstić information content (AvgIpc) is 3.79. The molecule has 0 fully saturated rings. The monoisotopic (exact) mass is 746 g/mol. The number of fused-ring (bicyclic) bond motifs is 4.